The second-order valence-corrected chi connectivity index (χ2v) is 8.63. The molecular formula is C21H28N2O4S. The molecule has 0 unspecified atom stereocenters. The van der Waals surface area contributed by atoms with Gasteiger partial charge in [0, 0.05) is 19.5 Å². The largest absolute Gasteiger partial charge is 0.374 e. The first-order chi connectivity index (χ1) is 13.3. The van der Waals surface area contributed by atoms with Crippen LogP contribution >= 0.6 is 0 Å². The van der Waals surface area contributed by atoms with Crippen LogP contribution in [0.2, 0.25) is 0 Å². The predicted octanol–water partition coefficient (Wildman–Crippen LogP) is 2.90. The van der Waals surface area contributed by atoms with Gasteiger partial charge in [-0.25, -0.2) is 13.1 Å². The van der Waals surface area contributed by atoms with Gasteiger partial charge in [0.05, 0.1) is 17.6 Å². The Balaban J connectivity index is 1.81. The van der Waals surface area contributed by atoms with Gasteiger partial charge in [-0.2, -0.15) is 0 Å². The molecule has 2 aromatic rings. The molecule has 7 heteroatoms. The summed E-state index contributed by atoms with van der Waals surface area (Å²) in [5.74, 6) is -0.216. The highest BCUT2D eigenvalue weighted by Gasteiger charge is 2.14. The zero-order chi connectivity index (χ0) is 20.6. The summed E-state index contributed by atoms with van der Waals surface area (Å²) in [6, 6.07) is 14.3. The Hall–Kier alpha value is -2.22. The van der Waals surface area contributed by atoms with Crippen molar-refractivity contribution in [3.63, 3.8) is 0 Å². The number of hydrogen-bond acceptors (Lipinski definition) is 4. The number of carbonyl (C=O) groups excluding carboxylic acids is 1. The Bertz CT molecular complexity index is 878. The summed E-state index contributed by atoms with van der Waals surface area (Å²) in [4.78, 5) is 12.3. The molecule has 2 rings (SSSR count). The van der Waals surface area contributed by atoms with E-state index in [-0.39, 0.29) is 29.9 Å². The number of nitrogens with one attached hydrogen (secondary N) is 2. The fraction of sp³-hybridized carbons (Fsp3) is 0.381. The first-order valence-corrected chi connectivity index (χ1v) is 10.8. The molecule has 1 amide bonds. The van der Waals surface area contributed by atoms with E-state index in [4.69, 9.17) is 4.74 Å². The lowest BCUT2D eigenvalue weighted by Gasteiger charge is -2.13. The van der Waals surface area contributed by atoms with Crippen molar-refractivity contribution in [2.24, 2.45) is 0 Å². The molecule has 28 heavy (non-hydrogen) atoms. The highest BCUT2D eigenvalue weighted by atomic mass is 32.2. The molecule has 0 radical (unpaired) electrons. The van der Waals surface area contributed by atoms with Crippen molar-refractivity contribution in [3.05, 3.63) is 65.2 Å². The van der Waals surface area contributed by atoms with E-state index in [1.54, 1.807) is 24.3 Å². The molecule has 0 aromatic heterocycles. The third kappa shape index (κ3) is 7.07. The molecule has 0 aliphatic heterocycles. The normalized spacial score (nSPS) is 11.6. The molecule has 0 bridgehead atoms. The average Bonchev–Trinajstić information content (AvgIpc) is 2.65. The smallest absolute Gasteiger partial charge is 0.240 e. The van der Waals surface area contributed by atoms with E-state index < -0.39 is 10.0 Å². The van der Waals surface area contributed by atoms with Crippen LogP contribution in [0.25, 0.3) is 0 Å². The highest BCUT2D eigenvalue weighted by Crippen LogP contribution is 2.12. The van der Waals surface area contributed by atoms with E-state index in [1.165, 1.54) is 0 Å². The quantitative estimate of drug-likeness (QED) is 0.638. The Morgan fingerprint density at radius 3 is 2.32 bits per heavy atom. The van der Waals surface area contributed by atoms with Crippen molar-refractivity contribution >= 4 is 15.9 Å². The predicted molar refractivity (Wildman–Crippen MR) is 109 cm³/mol. The van der Waals surface area contributed by atoms with Gasteiger partial charge in [-0.1, -0.05) is 42.0 Å². The topological polar surface area (TPSA) is 84.5 Å². The standard InChI is InChI=1S/C21H28N2O4S/c1-16(2)27-15-19-7-5-4-6-18(19)14-22-21(24)12-13-23-28(25,26)20-10-8-17(3)9-11-20/h4-11,16,23H,12-15H2,1-3H3,(H,22,24). The zero-order valence-corrected chi connectivity index (χ0v) is 17.4. The maximum Gasteiger partial charge on any atom is 0.240 e. The Morgan fingerprint density at radius 1 is 1.04 bits per heavy atom. The van der Waals surface area contributed by atoms with Crippen LogP contribution in [0.15, 0.2) is 53.4 Å². The van der Waals surface area contributed by atoms with Gasteiger partial charge in [-0.15, -0.1) is 0 Å². The number of ether oxygens (including phenoxy) is 1. The lowest BCUT2D eigenvalue weighted by atomic mass is 10.1. The lowest BCUT2D eigenvalue weighted by molar-refractivity contribution is -0.121. The molecule has 0 saturated carbocycles. The molecule has 0 spiro atoms. The molecule has 0 aliphatic carbocycles. The number of sulfonamides is 1. The lowest BCUT2D eigenvalue weighted by Crippen LogP contribution is -2.30. The minimum atomic E-state index is -3.61. The van der Waals surface area contributed by atoms with Gasteiger partial charge in [0.2, 0.25) is 15.9 Å². The number of hydrogen-bond donors (Lipinski definition) is 2. The monoisotopic (exact) mass is 404 g/mol. The number of aryl methyl sites for hydroxylation is 1. The van der Waals surface area contributed by atoms with Crippen LogP contribution in [0.5, 0.6) is 0 Å². The molecule has 2 N–H and O–H groups in total. The zero-order valence-electron chi connectivity index (χ0n) is 16.6. The molecule has 2 aromatic carbocycles. The molecule has 152 valence electrons. The average molecular weight is 405 g/mol. The summed E-state index contributed by atoms with van der Waals surface area (Å²) in [6.45, 7) is 6.74. The minimum absolute atomic E-state index is 0.0418. The maximum atomic E-state index is 12.2. The van der Waals surface area contributed by atoms with Gasteiger partial charge in [0.15, 0.2) is 0 Å². The third-order valence-corrected chi connectivity index (χ3v) is 5.62. The van der Waals surface area contributed by atoms with Crippen LogP contribution < -0.4 is 10.0 Å². The molecule has 6 nitrogen and oxygen atoms in total. The van der Waals surface area contributed by atoms with Crippen LogP contribution in [0.1, 0.15) is 37.0 Å². The molecule has 0 saturated heterocycles. The summed E-state index contributed by atoms with van der Waals surface area (Å²) in [5.41, 5.74) is 2.99. The molecular weight excluding hydrogens is 376 g/mol. The van der Waals surface area contributed by atoms with E-state index in [1.807, 2.05) is 45.0 Å². The Morgan fingerprint density at radius 2 is 1.68 bits per heavy atom. The van der Waals surface area contributed by atoms with E-state index in [0.29, 0.717) is 13.2 Å². The van der Waals surface area contributed by atoms with Gasteiger partial charge >= 0.3 is 0 Å². The summed E-state index contributed by atoms with van der Waals surface area (Å²) in [6.07, 6.45) is 0.194. The highest BCUT2D eigenvalue weighted by molar-refractivity contribution is 7.89. The van der Waals surface area contributed by atoms with Crippen LogP contribution in [0, 0.1) is 6.92 Å². The minimum Gasteiger partial charge on any atom is -0.374 e. The van der Waals surface area contributed by atoms with Crippen molar-refractivity contribution in [2.75, 3.05) is 6.54 Å². The van der Waals surface area contributed by atoms with Gasteiger partial charge in [0.25, 0.3) is 0 Å². The van der Waals surface area contributed by atoms with Crippen LogP contribution in [0.3, 0.4) is 0 Å². The van der Waals surface area contributed by atoms with Gasteiger partial charge < -0.3 is 10.1 Å². The van der Waals surface area contributed by atoms with E-state index >= 15 is 0 Å². The fourth-order valence-corrected chi connectivity index (χ4v) is 3.54. The van der Waals surface area contributed by atoms with Gasteiger partial charge in [-0.3, -0.25) is 4.79 Å². The van der Waals surface area contributed by atoms with E-state index in [9.17, 15) is 13.2 Å². The van der Waals surface area contributed by atoms with Gasteiger partial charge in [0.1, 0.15) is 0 Å². The Kier molecular flexibility index (Phi) is 8.17. The molecule has 0 heterocycles. The van der Waals surface area contributed by atoms with Crippen LogP contribution in [-0.2, 0) is 32.7 Å². The number of benzene rings is 2. The summed E-state index contributed by atoms with van der Waals surface area (Å²) in [5, 5.41) is 2.83. The van der Waals surface area contributed by atoms with Crippen molar-refractivity contribution < 1.29 is 17.9 Å². The summed E-state index contributed by atoms with van der Waals surface area (Å²) < 4.78 is 32.5. The molecule has 0 aliphatic rings. The second kappa shape index (κ2) is 10.4. The summed E-state index contributed by atoms with van der Waals surface area (Å²) >= 11 is 0. The number of amides is 1. The van der Waals surface area contributed by atoms with Crippen molar-refractivity contribution in [3.8, 4) is 0 Å². The van der Waals surface area contributed by atoms with Gasteiger partial charge in [-0.05, 0) is 44.0 Å². The first-order valence-electron chi connectivity index (χ1n) is 9.29. The molecule has 0 fully saturated rings. The summed E-state index contributed by atoms with van der Waals surface area (Å²) in [7, 11) is -3.61. The maximum absolute atomic E-state index is 12.2. The fourth-order valence-electron chi connectivity index (χ4n) is 2.51. The van der Waals surface area contributed by atoms with Crippen molar-refractivity contribution in [1.82, 2.24) is 10.0 Å². The van der Waals surface area contributed by atoms with Crippen LogP contribution in [0.4, 0.5) is 0 Å². The Labute approximate surface area is 167 Å². The van der Waals surface area contributed by atoms with E-state index in [2.05, 4.69) is 10.0 Å². The third-order valence-electron chi connectivity index (χ3n) is 4.14. The van der Waals surface area contributed by atoms with Crippen LogP contribution in [-0.4, -0.2) is 27.0 Å². The SMILES string of the molecule is Cc1ccc(S(=O)(=O)NCCC(=O)NCc2ccccc2COC(C)C)cc1. The van der Waals surface area contributed by atoms with E-state index in [0.717, 1.165) is 16.7 Å². The number of rotatable bonds is 10. The van der Waals surface area contributed by atoms with Crippen molar-refractivity contribution in [1.29, 1.82) is 0 Å². The first kappa shape index (κ1) is 22.1. The second-order valence-electron chi connectivity index (χ2n) is 6.87. The number of carbonyl (C=O) groups is 1. The van der Waals surface area contributed by atoms with Crippen molar-refractivity contribution in [2.45, 2.75) is 51.3 Å². The molecule has 0 atom stereocenters.